The molecule has 5 nitrogen and oxygen atoms in total. The summed E-state index contributed by atoms with van der Waals surface area (Å²) in [7, 11) is 0. The van der Waals surface area contributed by atoms with Gasteiger partial charge < -0.3 is 0 Å². The molecule has 0 saturated heterocycles. The highest BCUT2D eigenvalue weighted by Crippen LogP contribution is 2.23. The summed E-state index contributed by atoms with van der Waals surface area (Å²) in [5.74, 6) is -0.139. The molecule has 0 saturated carbocycles. The Kier molecular flexibility index (Phi) is 3.60. The zero-order chi connectivity index (χ0) is 15.0. The van der Waals surface area contributed by atoms with Crippen molar-refractivity contribution in [2.24, 2.45) is 0 Å². The lowest BCUT2D eigenvalue weighted by atomic mass is 10.2. The first-order valence-corrected chi connectivity index (χ1v) is 8.14. The number of rotatable bonds is 3. The molecule has 108 valence electrons. The second-order valence-corrected chi connectivity index (χ2v) is 6.41. The molecule has 0 unspecified atom stereocenters. The molecule has 3 heterocycles. The first kappa shape index (κ1) is 14.0. The molecule has 0 radical (unpaired) electrons. The van der Waals surface area contributed by atoms with E-state index in [1.807, 2.05) is 42.2 Å². The van der Waals surface area contributed by atoms with Crippen LogP contribution in [0.3, 0.4) is 0 Å². The molecule has 3 aromatic heterocycles. The summed E-state index contributed by atoms with van der Waals surface area (Å²) < 4.78 is 1.99. The lowest BCUT2D eigenvalue weighted by Crippen LogP contribution is -2.13. The van der Waals surface area contributed by atoms with E-state index in [-0.39, 0.29) is 5.91 Å². The van der Waals surface area contributed by atoms with E-state index in [9.17, 15) is 4.79 Å². The number of hydrogen-bond acceptors (Lipinski definition) is 5. The van der Waals surface area contributed by atoms with E-state index in [1.165, 1.54) is 11.3 Å². The molecular weight excluding hydrogens is 304 g/mol. The van der Waals surface area contributed by atoms with Crippen molar-refractivity contribution < 1.29 is 4.79 Å². The van der Waals surface area contributed by atoms with Gasteiger partial charge in [-0.05, 0) is 26.8 Å². The molecule has 0 bridgehead atoms. The van der Waals surface area contributed by atoms with Crippen molar-refractivity contribution in [3.63, 3.8) is 0 Å². The summed E-state index contributed by atoms with van der Waals surface area (Å²) in [6, 6.07) is 1.88. The van der Waals surface area contributed by atoms with Gasteiger partial charge in [0.25, 0.3) is 5.91 Å². The van der Waals surface area contributed by atoms with E-state index in [0.29, 0.717) is 10.7 Å². The number of carbonyl (C=O) groups is 1. The van der Waals surface area contributed by atoms with Crippen LogP contribution in [0.4, 0.5) is 5.13 Å². The molecule has 3 aromatic rings. The summed E-state index contributed by atoms with van der Waals surface area (Å²) in [4.78, 5) is 21.0. The maximum absolute atomic E-state index is 12.4. The normalized spacial score (nSPS) is 10.8. The van der Waals surface area contributed by atoms with E-state index in [1.54, 1.807) is 17.5 Å². The maximum Gasteiger partial charge on any atom is 0.259 e. The van der Waals surface area contributed by atoms with Gasteiger partial charge in [0.05, 0.1) is 11.3 Å². The fourth-order valence-corrected chi connectivity index (χ4v) is 3.62. The molecule has 0 spiro atoms. The quantitative estimate of drug-likeness (QED) is 0.803. The van der Waals surface area contributed by atoms with Gasteiger partial charge in [0.2, 0.25) is 0 Å². The Hall–Kier alpha value is -1.99. The fourth-order valence-electron chi connectivity index (χ4n) is 2.19. The minimum atomic E-state index is -0.139. The number of aryl methyl sites for hydroxylation is 2. The van der Waals surface area contributed by atoms with Crippen molar-refractivity contribution in [2.75, 3.05) is 5.32 Å². The number of hydrogen-bond donors (Lipinski definition) is 1. The van der Waals surface area contributed by atoms with Crippen LogP contribution in [-0.4, -0.2) is 20.4 Å². The lowest BCUT2D eigenvalue weighted by molar-refractivity contribution is 0.102. The minimum absolute atomic E-state index is 0.139. The third kappa shape index (κ3) is 2.62. The molecule has 1 amide bonds. The largest absolute Gasteiger partial charge is 0.298 e. The zero-order valence-electron chi connectivity index (χ0n) is 11.9. The van der Waals surface area contributed by atoms with Crippen molar-refractivity contribution in [1.29, 1.82) is 0 Å². The number of anilines is 1. The maximum atomic E-state index is 12.4. The highest BCUT2D eigenvalue weighted by molar-refractivity contribution is 7.14. The second-order valence-electron chi connectivity index (χ2n) is 4.68. The van der Waals surface area contributed by atoms with Gasteiger partial charge in [0.1, 0.15) is 0 Å². The number of carbonyl (C=O) groups excluding carboxylic acids is 1. The third-order valence-corrected chi connectivity index (χ3v) is 4.76. The van der Waals surface area contributed by atoms with E-state index in [0.717, 1.165) is 22.2 Å². The number of nitrogens with one attached hydrogen (secondary N) is 1. The topological polar surface area (TPSA) is 59.8 Å². The SMILES string of the molecule is Cc1csc(NC(=O)c2cc(C)n(-c3nccs3)c2C)n1. The second kappa shape index (κ2) is 5.42. The van der Waals surface area contributed by atoms with Crippen molar-refractivity contribution in [3.8, 4) is 5.13 Å². The molecule has 21 heavy (non-hydrogen) atoms. The van der Waals surface area contributed by atoms with Crippen LogP contribution >= 0.6 is 22.7 Å². The van der Waals surface area contributed by atoms with Crippen molar-refractivity contribution in [1.82, 2.24) is 14.5 Å². The van der Waals surface area contributed by atoms with Crippen LogP contribution in [0.2, 0.25) is 0 Å². The van der Waals surface area contributed by atoms with Crippen LogP contribution in [0.5, 0.6) is 0 Å². The highest BCUT2D eigenvalue weighted by atomic mass is 32.1. The van der Waals surface area contributed by atoms with Crippen molar-refractivity contribution in [2.45, 2.75) is 20.8 Å². The predicted molar refractivity (Wildman–Crippen MR) is 85.7 cm³/mol. The first-order valence-electron chi connectivity index (χ1n) is 6.38. The van der Waals surface area contributed by atoms with Gasteiger partial charge in [-0.15, -0.1) is 22.7 Å². The van der Waals surface area contributed by atoms with Gasteiger partial charge in [-0.25, -0.2) is 9.97 Å². The molecule has 0 aliphatic heterocycles. The highest BCUT2D eigenvalue weighted by Gasteiger charge is 2.18. The molecule has 0 atom stereocenters. The van der Waals surface area contributed by atoms with Crippen molar-refractivity contribution in [3.05, 3.63) is 45.7 Å². The molecular formula is C14H14N4OS2. The monoisotopic (exact) mass is 318 g/mol. The van der Waals surface area contributed by atoms with Crippen LogP contribution in [0.15, 0.2) is 23.0 Å². The Balaban J connectivity index is 1.93. The van der Waals surface area contributed by atoms with Gasteiger partial charge in [0, 0.05) is 28.3 Å². The van der Waals surface area contributed by atoms with Gasteiger partial charge >= 0.3 is 0 Å². The van der Waals surface area contributed by atoms with Crippen LogP contribution in [0.1, 0.15) is 27.4 Å². The lowest BCUT2D eigenvalue weighted by Gasteiger charge is -2.05. The van der Waals surface area contributed by atoms with Crippen LogP contribution < -0.4 is 5.32 Å². The number of thiazole rings is 2. The Bertz CT molecular complexity index is 786. The number of amides is 1. The van der Waals surface area contributed by atoms with Gasteiger partial charge in [-0.1, -0.05) is 0 Å². The average Bonchev–Trinajstić information content (AvgIpc) is 3.12. The van der Waals surface area contributed by atoms with Crippen LogP contribution in [0, 0.1) is 20.8 Å². The smallest absolute Gasteiger partial charge is 0.259 e. The van der Waals surface area contributed by atoms with Crippen molar-refractivity contribution >= 4 is 33.7 Å². The third-order valence-electron chi connectivity index (χ3n) is 3.13. The predicted octanol–water partition coefficient (Wildman–Crippen LogP) is 3.57. The number of nitrogens with zero attached hydrogens (tertiary/aromatic N) is 3. The molecule has 1 N–H and O–H groups in total. The van der Waals surface area contributed by atoms with Gasteiger partial charge in [-0.3, -0.25) is 14.7 Å². The van der Waals surface area contributed by atoms with Crippen LogP contribution in [-0.2, 0) is 0 Å². The minimum Gasteiger partial charge on any atom is -0.298 e. The van der Waals surface area contributed by atoms with E-state index in [2.05, 4.69) is 15.3 Å². The standard InChI is InChI=1S/C14H14N4OS2/c1-8-7-21-13(16-8)17-12(19)11-6-9(2)18(10(11)3)14-15-4-5-20-14/h4-7H,1-3H3,(H,16,17,19). The average molecular weight is 318 g/mol. The first-order chi connectivity index (χ1) is 10.1. The molecule has 3 rings (SSSR count). The van der Waals surface area contributed by atoms with Gasteiger partial charge in [0.15, 0.2) is 10.3 Å². The number of aromatic nitrogens is 3. The molecule has 0 aliphatic rings. The molecule has 7 heteroatoms. The summed E-state index contributed by atoms with van der Waals surface area (Å²) in [6.45, 7) is 5.80. The van der Waals surface area contributed by atoms with E-state index < -0.39 is 0 Å². The molecule has 0 aromatic carbocycles. The Morgan fingerprint density at radius 2 is 2.10 bits per heavy atom. The zero-order valence-corrected chi connectivity index (χ0v) is 13.5. The van der Waals surface area contributed by atoms with Gasteiger partial charge in [-0.2, -0.15) is 0 Å². The Morgan fingerprint density at radius 3 is 2.71 bits per heavy atom. The summed E-state index contributed by atoms with van der Waals surface area (Å²) in [6.07, 6.45) is 1.76. The summed E-state index contributed by atoms with van der Waals surface area (Å²) >= 11 is 2.97. The Morgan fingerprint density at radius 1 is 1.29 bits per heavy atom. The molecule has 0 fully saturated rings. The van der Waals surface area contributed by atoms with Crippen LogP contribution in [0.25, 0.3) is 5.13 Å². The van der Waals surface area contributed by atoms with E-state index in [4.69, 9.17) is 0 Å². The fraction of sp³-hybridized carbons (Fsp3) is 0.214. The molecule has 0 aliphatic carbocycles. The van der Waals surface area contributed by atoms with E-state index >= 15 is 0 Å². The summed E-state index contributed by atoms with van der Waals surface area (Å²) in [5.41, 5.74) is 3.43. The Labute approximate surface area is 130 Å². The summed E-state index contributed by atoms with van der Waals surface area (Å²) in [5, 5.41) is 8.17.